The first kappa shape index (κ1) is 15.8. The largest absolute Gasteiger partial charge is 0.451 e. The Hall–Kier alpha value is -1.57. The van der Waals surface area contributed by atoms with Gasteiger partial charge in [0, 0.05) is 25.1 Å². The predicted molar refractivity (Wildman–Crippen MR) is 73.0 cm³/mol. The molecule has 1 aromatic rings. The SMILES string of the molecule is CCNc1cc(NCC2CCCC2O)nc(C(F)(F)F)n1. The molecule has 1 fully saturated rings. The predicted octanol–water partition coefficient (Wildman–Crippen LogP) is 2.50. The van der Waals surface area contributed by atoms with Gasteiger partial charge in [-0.1, -0.05) is 6.42 Å². The van der Waals surface area contributed by atoms with Gasteiger partial charge >= 0.3 is 6.18 Å². The Morgan fingerprint density at radius 2 is 1.90 bits per heavy atom. The molecule has 0 radical (unpaired) electrons. The van der Waals surface area contributed by atoms with Crippen molar-refractivity contribution in [2.75, 3.05) is 23.7 Å². The number of rotatable bonds is 5. The summed E-state index contributed by atoms with van der Waals surface area (Å²) in [7, 11) is 0. The molecule has 1 aliphatic carbocycles. The van der Waals surface area contributed by atoms with Gasteiger partial charge in [0.1, 0.15) is 11.6 Å². The van der Waals surface area contributed by atoms with Crippen molar-refractivity contribution in [2.45, 2.75) is 38.5 Å². The van der Waals surface area contributed by atoms with Crippen molar-refractivity contribution in [3.63, 3.8) is 0 Å². The Morgan fingerprint density at radius 3 is 2.43 bits per heavy atom. The summed E-state index contributed by atoms with van der Waals surface area (Å²) < 4.78 is 38.3. The minimum Gasteiger partial charge on any atom is -0.393 e. The minimum absolute atomic E-state index is 0.0527. The van der Waals surface area contributed by atoms with Crippen LogP contribution < -0.4 is 10.6 Å². The minimum atomic E-state index is -4.59. The summed E-state index contributed by atoms with van der Waals surface area (Å²) in [6, 6.07) is 1.44. The average Bonchev–Trinajstić information content (AvgIpc) is 2.81. The van der Waals surface area contributed by atoms with Gasteiger partial charge in [-0.25, -0.2) is 9.97 Å². The molecule has 1 aliphatic rings. The number of halogens is 3. The molecular formula is C13H19F3N4O. The highest BCUT2D eigenvalue weighted by Crippen LogP contribution is 2.29. The Bertz CT molecular complexity index is 481. The number of alkyl halides is 3. The molecule has 2 unspecified atom stereocenters. The number of aliphatic hydroxyl groups is 1. The first-order chi connectivity index (χ1) is 9.90. The quantitative estimate of drug-likeness (QED) is 0.780. The van der Waals surface area contributed by atoms with Gasteiger partial charge in [0.25, 0.3) is 0 Å². The van der Waals surface area contributed by atoms with Crippen LogP contribution in [-0.2, 0) is 6.18 Å². The number of aromatic nitrogens is 2. The smallest absolute Gasteiger partial charge is 0.393 e. The summed E-state index contributed by atoms with van der Waals surface area (Å²) in [5, 5.41) is 15.4. The van der Waals surface area contributed by atoms with E-state index in [-0.39, 0.29) is 17.6 Å². The van der Waals surface area contributed by atoms with Crippen LogP contribution in [0.25, 0.3) is 0 Å². The van der Waals surface area contributed by atoms with Gasteiger partial charge in [-0.05, 0) is 19.8 Å². The molecule has 8 heteroatoms. The Kier molecular flexibility index (Phi) is 4.87. The second-order valence-corrected chi connectivity index (χ2v) is 5.13. The number of anilines is 2. The zero-order chi connectivity index (χ0) is 15.5. The van der Waals surface area contributed by atoms with E-state index in [0.29, 0.717) is 13.1 Å². The van der Waals surface area contributed by atoms with E-state index >= 15 is 0 Å². The molecule has 0 aromatic carbocycles. The van der Waals surface area contributed by atoms with Crippen LogP contribution in [0, 0.1) is 5.92 Å². The fourth-order valence-electron chi connectivity index (χ4n) is 2.43. The third kappa shape index (κ3) is 4.20. The number of hydrogen-bond acceptors (Lipinski definition) is 5. The third-order valence-corrected chi connectivity index (χ3v) is 3.50. The molecule has 5 nitrogen and oxygen atoms in total. The van der Waals surface area contributed by atoms with Crippen LogP contribution in [0.5, 0.6) is 0 Å². The fourth-order valence-corrected chi connectivity index (χ4v) is 2.43. The van der Waals surface area contributed by atoms with Crippen LogP contribution in [0.3, 0.4) is 0 Å². The van der Waals surface area contributed by atoms with Gasteiger partial charge in [0.2, 0.25) is 5.82 Å². The van der Waals surface area contributed by atoms with Crippen molar-refractivity contribution in [1.29, 1.82) is 0 Å². The van der Waals surface area contributed by atoms with Gasteiger partial charge in [-0.3, -0.25) is 0 Å². The van der Waals surface area contributed by atoms with E-state index in [0.717, 1.165) is 19.3 Å². The number of aliphatic hydroxyl groups excluding tert-OH is 1. The molecule has 3 N–H and O–H groups in total. The van der Waals surface area contributed by atoms with Crippen molar-refractivity contribution in [3.05, 3.63) is 11.9 Å². The summed E-state index contributed by atoms with van der Waals surface area (Å²) in [6.45, 7) is 2.65. The maximum absolute atomic E-state index is 12.8. The highest BCUT2D eigenvalue weighted by molar-refractivity contribution is 5.47. The van der Waals surface area contributed by atoms with E-state index in [4.69, 9.17) is 0 Å². The maximum Gasteiger partial charge on any atom is 0.451 e. The highest BCUT2D eigenvalue weighted by Gasteiger charge is 2.35. The lowest BCUT2D eigenvalue weighted by Gasteiger charge is -2.17. The van der Waals surface area contributed by atoms with E-state index in [9.17, 15) is 18.3 Å². The summed E-state index contributed by atoms with van der Waals surface area (Å²) in [4.78, 5) is 6.96. The zero-order valence-corrected chi connectivity index (χ0v) is 11.7. The van der Waals surface area contributed by atoms with Crippen LogP contribution in [0.4, 0.5) is 24.8 Å². The van der Waals surface area contributed by atoms with Crippen molar-refractivity contribution in [1.82, 2.24) is 9.97 Å². The highest BCUT2D eigenvalue weighted by atomic mass is 19.4. The molecule has 0 amide bonds. The van der Waals surface area contributed by atoms with Crippen LogP contribution in [0.15, 0.2) is 6.07 Å². The van der Waals surface area contributed by atoms with Crippen molar-refractivity contribution >= 4 is 11.6 Å². The molecular weight excluding hydrogens is 285 g/mol. The summed E-state index contributed by atoms with van der Waals surface area (Å²) in [6.07, 6.45) is -2.44. The Labute approximate surface area is 121 Å². The summed E-state index contributed by atoms with van der Waals surface area (Å²) in [5.41, 5.74) is 0. The molecule has 21 heavy (non-hydrogen) atoms. The van der Waals surface area contributed by atoms with Gasteiger partial charge in [-0.2, -0.15) is 13.2 Å². The molecule has 2 atom stereocenters. The summed E-state index contributed by atoms with van der Waals surface area (Å²) >= 11 is 0. The lowest BCUT2D eigenvalue weighted by atomic mass is 10.1. The van der Waals surface area contributed by atoms with Crippen LogP contribution >= 0.6 is 0 Å². The normalized spacial score (nSPS) is 22.3. The Morgan fingerprint density at radius 1 is 1.24 bits per heavy atom. The average molecular weight is 304 g/mol. The van der Waals surface area contributed by atoms with E-state index in [1.807, 2.05) is 0 Å². The maximum atomic E-state index is 12.8. The van der Waals surface area contributed by atoms with Crippen LogP contribution in [0.1, 0.15) is 32.0 Å². The molecule has 2 rings (SSSR count). The topological polar surface area (TPSA) is 70.1 Å². The number of hydrogen-bond donors (Lipinski definition) is 3. The van der Waals surface area contributed by atoms with Crippen molar-refractivity contribution in [2.24, 2.45) is 5.92 Å². The lowest BCUT2D eigenvalue weighted by Crippen LogP contribution is -2.23. The molecule has 1 saturated carbocycles. The molecule has 1 aromatic heterocycles. The molecule has 0 bridgehead atoms. The molecule has 0 aliphatic heterocycles. The second-order valence-electron chi connectivity index (χ2n) is 5.13. The van der Waals surface area contributed by atoms with E-state index in [2.05, 4.69) is 20.6 Å². The second kappa shape index (κ2) is 6.46. The van der Waals surface area contributed by atoms with E-state index in [1.54, 1.807) is 6.92 Å². The Balaban J connectivity index is 2.11. The standard InChI is InChI=1S/C13H19F3N4O/c1-2-17-10-6-11(20-12(19-10)13(14,15)16)18-7-8-4-3-5-9(8)21/h6,8-9,21H,2-5,7H2,1H3,(H2,17,18,19,20). The third-order valence-electron chi connectivity index (χ3n) is 3.50. The molecule has 0 spiro atoms. The van der Waals surface area contributed by atoms with E-state index in [1.165, 1.54) is 6.07 Å². The first-order valence-corrected chi connectivity index (χ1v) is 7.02. The first-order valence-electron chi connectivity index (χ1n) is 7.02. The van der Waals surface area contributed by atoms with Crippen molar-refractivity contribution in [3.8, 4) is 0 Å². The zero-order valence-electron chi connectivity index (χ0n) is 11.7. The van der Waals surface area contributed by atoms with E-state index < -0.39 is 18.1 Å². The fraction of sp³-hybridized carbons (Fsp3) is 0.692. The lowest BCUT2D eigenvalue weighted by molar-refractivity contribution is -0.144. The monoisotopic (exact) mass is 304 g/mol. The summed E-state index contributed by atoms with van der Waals surface area (Å²) in [5.74, 6) is -0.867. The van der Waals surface area contributed by atoms with Gasteiger partial charge < -0.3 is 15.7 Å². The molecule has 118 valence electrons. The van der Waals surface area contributed by atoms with Crippen LogP contribution in [-0.4, -0.2) is 34.3 Å². The van der Waals surface area contributed by atoms with Gasteiger partial charge in [-0.15, -0.1) is 0 Å². The molecule has 1 heterocycles. The van der Waals surface area contributed by atoms with Gasteiger partial charge in [0.05, 0.1) is 6.10 Å². The number of nitrogens with one attached hydrogen (secondary N) is 2. The van der Waals surface area contributed by atoms with Gasteiger partial charge in [0.15, 0.2) is 0 Å². The van der Waals surface area contributed by atoms with Crippen LogP contribution in [0.2, 0.25) is 0 Å². The van der Waals surface area contributed by atoms with Crippen molar-refractivity contribution < 1.29 is 18.3 Å². The number of nitrogens with zero attached hydrogens (tertiary/aromatic N) is 2. The molecule has 0 saturated heterocycles.